The van der Waals surface area contributed by atoms with Gasteiger partial charge in [0.25, 0.3) is 0 Å². The average molecular weight is 651 g/mol. The summed E-state index contributed by atoms with van der Waals surface area (Å²) < 4.78 is 0. The number of amides is 4. The molecule has 13 nitrogen and oxygen atoms in total. The van der Waals surface area contributed by atoms with Crippen molar-refractivity contribution in [1.82, 2.24) is 20.4 Å². The maximum atomic E-state index is 13.1. The van der Waals surface area contributed by atoms with Crippen LogP contribution >= 0.6 is 11.6 Å². The van der Waals surface area contributed by atoms with Crippen molar-refractivity contribution >= 4 is 41.0 Å². The number of hydrogen-bond acceptors (Lipinski definition) is 9. The summed E-state index contributed by atoms with van der Waals surface area (Å²) in [6.07, 6.45) is 3.37. The number of carbonyl (C=O) groups is 5. The summed E-state index contributed by atoms with van der Waals surface area (Å²) in [5, 5.41) is 25.5. The van der Waals surface area contributed by atoms with Gasteiger partial charge in [0.1, 0.15) is 29.7 Å². The van der Waals surface area contributed by atoms with Crippen molar-refractivity contribution in [3.05, 3.63) is 34.9 Å². The molecule has 2 saturated heterocycles. The highest BCUT2D eigenvalue weighted by Gasteiger charge is 2.44. The van der Waals surface area contributed by atoms with Gasteiger partial charge in [-0.1, -0.05) is 36.2 Å². The van der Waals surface area contributed by atoms with Gasteiger partial charge in [-0.05, 0) is 71.0 Å². The Morgan fingerprint density at radius 3 is 2.16 bits per heavy atom. The number of Topliss-reactive ketones (excluding diaryl/α,β-unsaturated/α-hetero) is 1. The summed E-state index contributed by atoms with van der Waals surface area (Å²) in [5.74, 6) is -2.05. The van der Waals surface area contributed by atoms with Gasteiger partial charge in [-0.3, -0.25) is 24.0 Å². The van der Waals surface area contributed by atoms with Crippen LogP contribution in [0.1, 0.15) is 70.8 Å². The van der Waals surface area contributed by atoms with Gasteiger partial charge >= 0.3 is 0 Å². The quantitative estimate of drug-likeness (QED) is 0.211. The number of carbonyl (C=O) groups excluding carboxylic acids is 5. The van der Waals surface area contributed by atoms with E-state index in [1.165, 1.54) is 23.6 Å². The number of nitrogens with zero attached hydrogens (tertiary/aromatic N) is 2. The van der Waals surface area contributed by atoms with Gasteiger partial charge in [0, 0.05) is 24.5 Å². The first kappa shape index (κ1) is 36.4. The van der Waals surface area contributed by atoms with Crippen molar-refractivity contribution in [3.63, 3.8) is 0 Å². The normalized spacial score (nSPS) is 25.9. The minimum absolute atomic E-state index is 0.259. The van der Waals surface area contributed by atoms with Gasteiger partial charge in [-0.2, -0.15) is 0 Å². The summed E-state index contributed by atoms with van der Waals surface area (Å²) >= 11 is 6.20. The maximum Gasteiger partial charge on any atom is 0.246 e. The van der Waals surface area contributed by atoms with Gasteiger partial charge in [0.2, 0.25) is 23.6 Å². The molecule has 7 atom stereocenters. The summed E-state index contributed by atoms with van der Waals surface area (Å²) in [6.45, 7) is 3.44. The standard InChI is InChI=1S/C18H31N5O6.C13H16ClNO/c1-9(24)13(19)18(29)23-8-4-6-12(23)17(28)22-7-3-5-11(22)16(27)21-14(10(2)25)15(20)26;1-15-13(9-5-4-8-12(13)16)10-6-2-3-7-11(10)14/h9-14,24-25H,3-8,19H2,1-2H3,(H2,20,26)(H,21,27);2-3,6-7,15H,4-5,8-9H2,1H3/t9-,10-,11+,12+,13+,14+;/m1./s1. The fourth-order valence-electron chi connectivity index (χ4n) is 6.38. The monoisotopic (exact) mass is 650 g/mol. The maximum absolute atomic E-state index is 13.1. The largest absolute Gasteiger partial charge is 0.391 e. The molecule has 250 valence electrons. The number of aliphatic hydroxyl groups excluding tert-OH is 2. The van der Waals surface area contributed by atoms with Crippen LogP contribution in [-0.4, -0.2) is 106 Å². The first-order valence-electron chi connectivity index (χ1n) is 15.6. The smallest absolute Gasteiger partial charge is 0.246 e. The molecule has 4 amide bonds. The Hall–Kier alpha value is -3.10. The third-order valence-corrected chi connectivity index (χ3v) is 9.32. The summed E-state index contributed by atoms with van der Waals surface area (Å²) in [4.78, 5) is 64.7. The number of hydrogen-bond donors (Lipinski definition) is 6. The van der Waals surface area contributed by atoms with Crippen molar-refractivity contribution in [2.24, 2.45) is 11.5 Å². The van der Waals surface area contributed by atoms with Gasteiger partial charge in [0.05, 0.1) is 12.2 Å². The molecular formula is C31H47ClN6O7. The van der Waals surface area contributed by atoms with Crippen molar-refractivity contribution < 1.29 is 34.2 Å². The molecule has 1 aromatic rings. The second-order valence-corrected chi connectivity index (χ2v) is 12.4. The Bertz CT molecular complexity index is 1250. The minimum atomic E-state index is -1.26. The zero-order chi connectivity index (χ0) is 33.5. The summed E-state index contributed by atoms with van der Waals surface area (Å²) in [6, 6.07) is 3.68. The van der Waals surface area contributed by atoms with Crippen molar-refractivity contribution in [2.75, 3.05) is 20.1 Å². The van der Waals surface area contributed by atoms with Gasteiger partial charge < -0.3 is 42.1 Å². The molecule has 1 aromatic carbocycles. The molecule has 1 aliphatic carbocycles. The molecule has 0 radical (unpaired) electrons. The summed E-state index contributed by atoms with van der Waals surface area (Å²) in [7, 11) is 1.84. The first-order valence-corrected chi connectivity index (χ1v) is 15.9. The molecular weight excluding hydrogens is 604 g/mol. The van der Waals surface area contributed by atoms with Crippen LogP contribution in [0.25, 0.3) is 0 Å². The van der Waals surface area contributed by atoms with Gasteiger partial charge in [-0.25, -0.2) is 0 Å². The lowest BCUT2D eigenvalue weighted by Crippen LogP contribution is -2.58. The van der Waals surface area contributed by atoms with E-state index in [2.05, 4.69) is 10.6 Å². The topological polar surface area (TPSA) is 208 Å². The molecule has 1 saturated carbocycles. The second kappa shape index (κ2) is 15.9. The van der Waals surface area contributed by atoms with Gasteiger partial charge in [-0.15, -0.1) is 0 Å². The average Bonchev–Trinajstić information content (AvgIpc) is 3.70. The molecule has 45 heavy (non-hydrogen) atoms. The fraction of sp³-hybridized carbons (Fsp3) is 0.645. The molecule has 3 aliphatic rings. The molecule has 3 fully saturated rings. The first-order chi connectivity index (χ1) is 21.3. The number of rotatable bonds is 9. The van der Waals surface area contributed by atoms with Crippen molar-refractivity contribution in [2.45, 2.75) is 107 Å². The Labute approximate surface area is 269 Å². The third kappa shape index (κ3) is 8.20. The van der Waals surface area contributed by atoms with Crippen LogP contribution in [0.3, 0.4) is 0 Å². The van der Waals surface area contributed by atoms with E-state index >= 15 is 0 Å². The van der Waals surface area contributed by atoms with E-state index in [1.807, 2.05) is 31.3 Å². The molecule has 14 heteroatoms. The minimum Gasteiger partial charge on any atom is -0.391 e. The second-order valence-electron chi connectivity index (χ2n) is 12.0. The lowest BCUT2D eigenvalue weighted by molar-refractivity contribution is -0.148. The lowest BCUT2D eigenvalue weighted by atomic mass is 9.75. The van der Waals surface area contributed by atoms with E-state index < -0.39 is 59.6 Å². The SMILES string of the molecule is CNC1(c2ccccc2Cl)CCCCC1=O.C[C@@H](O)[C@H](N)C(=O)N1CCC[C@H]1C(=O)N1CCC[C@H]1C(=O)N[C@H](C(N)=O)[C@@H](C)O. The number of primary amides is 1. The highest BCUT2D eigenvalue weighted by molar-refractivity contribution is 6.31. The molecule has 2 heterocycles. The lowest BCUT2D eigenvalue weighted by Gasteiger charge is -2.36. The molecule has 8 N–H and O–H groups in total. The van der Waals surface area contributed by atoms with Crippen LogP contribution in [0, 0.1) is 0 Å². The molecule has 2 aliphatic heterocycles. The summed E-state index contributed by atoms with van der Waals surface area (Å²) in [5.41, 5.74) is 11.3. The zero-order valence-corrected chi connectivity index (χ0v) is 27.0. The number of likely N-dealkylation sites (tertiary alicyclic amines) is 2. The van der Waals surface area contributed by atoms with Crippen LogP contribution in [0.5, 0.6) is 0 Å². The predicted molar refractivity (Wildman–Crippen MR) is 168 cm³/mol. The fourth-order valence-corrected chi connectivity index (χ4v) is 6.68. The number of likely N-dealkylation sites (N-methyl/N-ethyl adjacent to an activating group) is 1. The number of aliphatic hydroxyl groups is 2. The van der Waals surface area contributed by atoms with Crippen molar-refractivity contribution in [3.8, 4) is 0 Å². The number of nitrogens with one attached hydrogen (secondary N) is 2. The van der Waals surface area contributed by atoms with E-state index in [1.54, 1.807) is 0 Å². The van der Waals surface area contributed by atoms with Gasteiger partial charge in [0.15, 0.2) is 5.78 Å². The molecule has 0 bridgehead atoms. The number of nitrogens with two attached hydrogens (primary N) is 2. The highest BCUT2D eigenvalue weighted by Crippen LogP contribution is 2.37. The number of halogens is 1. The Morgan fingerprint density at radius 1 is 0.978 bits per heavy atom. The zero-order valence-electron chi connectivity index (χ0n) is 26.2. The molecule has 0 aromatic heterocycles. The van der Waals surface area contributed by atoms with E-state index in [-0.39, 0.29) is 11.7 Å². The van der Waals surface area contributed by atoms with Crippen molar-refractivity contribution in [1.29, 1.82) is 0 Å². The van der Waals surface area contributed by atoms with Crippen LogP contribution < -0.4 is 22.1 Å². The third-order valence-electron chi connectivity index (χ3n) is 8.99. The predicted octanol–water partition coefficient (Wildman–Crippen LogP) is -0.0748. The van der Waals surface area contributed by atoms with Crippen LogP contribution in [-0.2, 0) is 29.5 Å². The Balaban J connectivity index is 0.000000289. The van der Waals surface area contributed by atoms with E-state index in [4.69, 9.17) is 23.1 Å². The highest BCUT2D eigenvalue weighted by atomic mass is 35.5. The Kier molecular flexibility index (Phi) is 12.9. The molecule has 1 unspecified atom stereocenters. The number of benzene rings is 1. The van der Waals surface area contributed by atoms with Crippen LogP contribution in [0.2, 0.25) is 5.02 Å². The molecule has 0 spiro atoms. The molecule has 4 rings (SSSR count). The van der Waals surface area contributed by atoms with E-state index in [0.29, 0.717) is 50.2 Å². The van der Waals surface area contributed by atoms with Crippen LogP contribution in [0.4, 0.5) is 0 Å². The van der Waals surface area contributed by atoms with E-state index in [0.717, 1.165) is 24.8 Å². The Morgan fingerprint density at radius 2 is 1.60 bits per heavy atom. The number of ketones is 1. The van der Waals surface area contributed by atoms with Crippen LogP contribution in [0.15, 0.2) is 24.3 Å². The van der Waals surface area contributed by atoms with E-state index in [9.17, 15) is 34.2 Å².